The van der Waals surface area contributed by atoms with Gasteiger partial charge in [0.05, 0.1) is 16.7 Å². The highest BCUT2D eigenvalue weighted by atomic mass is 16.5. The maximum atomic E-state index is 13.0. The van der Waals surface area contributed by atoms with Gasteiger partial charge < -0.3 is 15.0 Å². The minimum absolute atomic E-state index is 0.0828. The fourth-order valence-electron chi connectivity index (χ4n) is 4.08. The predicted octanol–water partition coefficient (Wildman–Crippen LogP) is 4.10. The van der Waals surface area contributed by atoms with E-state index in [0.717, 1.165) is 29.7 Å². The van der Waals surface area contributed by atoms with Crippen molar-refractivity contribution >= 4 is 34.2 Å². The minimum Gasteiger partial charge on any atom is -0.482 e. The predicted molar refractivity (Wildman–Crippen MR) is 127 cm³/mol. The Bertz CT molecular complexity index is 1320. The number of fused-ring (bicyclic) bond motifs is 2. The molecule has 7 nitrogen and oxygen atoms in total. The number of para-hydroxylation sites is 2. The molecule has 4 aromatic rings. The van der Waals surface area contributed by atoms with Crippen LogP contribution in [0.3, 0.4) is 0 Å². The lowest BCUT2D eigenvalue weighted by Crippen LogP contribution is -2.49. The molecule has 7 heteroatoms. The second kappa shape index (κ2) is 8.78. The lowest BCUT2D eigenvalue weighted by molar-refractivity contribution is -0.125. The molecule has 0 saturated heterocycles. The van der Waals surface area contributed by atoms with Gasteiger partial charge in [-0.1, -0.05) is 42.5 Å². The molecule has 0 bridgehead atoms. The van der Waals surface area contributed by atoms with E-state index in [1.54, 1.807) is 19.1 Å². The van der Waals surface area contributed by atoms with E-state index in [2.05, 4.69) is 27.4 Å². The second-order valence-electron chi connectivity index (χ2n) is 8.09. The van der Waals surface area contributed by atoms with Crippen LogP contribution in [-0.4, -0.2) is 34.4 Å². The smallest absolute Gasteiger partial charge is 0.265 e. The number of imidazole rings is 1. The molecule has 3 aromatic carbocycles. The van der Waals surface area contributed by atoms with Crippen molar-refractivity contribution in [3.8, 4) is 5.75 Å². The van der Waals surface area contributed by atoms with E-state index in [9.17, 15) is 9.59 Å². The van der Waals surface area contributed by atoms with Crippen molar-refractivity contribution in [2.75, 3.05) is 16.8 Å². The SMILES string of the molecule is C[C@@H](C(=O)Nc1ccc2nc(CCc3ccccc3)[nH]c2c1)N1C(=O)COc2ccccc21. The summed E-state index contributed by atoms with van der Waals surface area (Å²) in [4.78, 5) is 35.0. The molecular formula is C26H24N4O3. The average molecular weight is 441 g/mol. The van der Waals surface area contributed by atoms with Gasteiger partial charge in [0.2, 0.25) is 5.91 Å². The molecule has 0 radical (unpaired) electrons. The monoisotopic (exact) mass is 440 g/mol. The lowest BCUT2D eigenvalue weighted by Gasteiger charge is -2.33. The molecule has 2 N–H and O–H groups in total. The zero-order valence-corrected chi connectivity index (χ0v) is 18.2. The molecule has 2 amide bonds. The minimum atomic E-state index is -0.693. The maximum absolute atomic E-state index is 13.0. The van der Waals surface area contributed by atoms with Gasteiger partial charge in [0, 0.05) is 12.1 Å². The Morgan fingerprint density at radius 1 is 1.09 bits per heavy atom. The van der Waals surface area contributed by atoms with E-state index < -0.39 is 6.04 Å². The third-order valence-corrected chi connectivity index (χ3v) is 5.80. The maximum Gasteiger partial charge on any atom is 0.265 e. The molecule has 0 unspecified atom stereocenters. The van der Waals surface area contributed by atoms with Crippen LogP contribution in [0.15, 0.2) is 72.8 Å². The summed E-state index contributed by atoms with van der Waals surface area (Å²) in [6, 6.07) is 22.4. The number of H-pyrrole nitrogens is 1. The molecule has 0 spiro atoms. The number of anilines is 2. The number of aromatic amines is 1. The van der Waals surface area contributed by atoms with Gasteiger partial charge in [-0.3, -0.25) is 14.5 Å². The van der Waals surface area contributed by atoms with Gasteiger partial charge in [-0.25, -0.2) is 4.98 Å². The number of amides is 2. The molecule has 0 saturated carbocycles. The number of nitrogens with one attached hydrogen (secondary N) is 2. The average Bonchev–Trinajstić information content (AvgIpc) is 3.25. The van der Waals surface area contributed by atoms with Crippen molar-refractivity contribution < 1.29 is 14.3 Å². The number of hydrogen-bond acceptors (Lipinski definition) is 4. The van der Waals surface area contributed by atoms with Gasteiger partial charge in [-0.2, -0.15) is 0 Å². The molecule has 1 aliphatic rings. The first-order valence-corrected chi connectivity index (χ1v) is 11.0. The zero-order valence-electron chi connectivity index (χ0n) is 18.2. The topological polar surface area (TPSA) is 87.3 Å². The number of carbonyl (C=O) groups is 2. The summed E-state index contributed by atoms with van der Waals surface area (Å²) < 4.78 is 5.48. The summed E-state index contributed by atoms with van der Waals surface area (Å²) >= 11 is 0. The van der Waals surface area contributed by atoms with Crippen LogP contribution in [0.25, 0.3) is 11.0 Å². The van der Waals surface area contributed by atoms with Crippen LogP contribution in [0.1, 0.15) is 18.3 Å². The quantitative estimate of drug-likeness (QED) is 0.473. The van der Waals surface area contributed by atoms with E-state index in [-0.39, 0.29) is 18.4 Å². The Hall–Kier alpha value is -4.13. The first-order valence-electron chi connectivity index (χ1n) is 11.0. The Balaban J connectivity index is 1.29. The van der Waals surface area contributed by atoms with Gasteiger partial charge in [0.25, 0.3) is 5.91 Å². The third kappa shape index (κ3) is 4.30. The fraction of sp³-hybridized carbons (Fsp3) is 0.192. The van der Waals surface area contributed by atoms with Crippen LogP contribution in [0.2, 0.25) is 0 Å². The van der Waals surface area contributed by atoms with Crippen molar-refractivity contribution in [2.24, 2.45) is 0 Å². The Morgan fingerprint density at radius 2 is 1.88 bits per heavy atom. The van der Waals surface area contributed by atoms with E-state index in [1.165, 1.54) is 10.5 Å². The largest absolute Gasteiger partial charge is 0.482 e. The van der Waals surface area contributed by atoms with E-state index in [1.807, 2.05) is 48.5 Å². The van der Waals surface area contributed by atoms with Crippen LogP contribution in [0.4, 0.5) is 11.4 Å². The summed E-state index contributed by atoms with van der Waals surface area (Å²) in [5, 5.41) is 2.93. The molecule has 1 aliphatic heterocycles. The van der Waals surface area contributed by atoms with Gasteiger partial charge in [0.15, 0.2) is 6.61 Å². The first-order chi connectivity index (χ1) is 16.1. The lowest BCUT2D eigenvalue weighted by atomic mass is 10.1. The molecule has 5 rings (SSSR count). The summed E-state index contributed by atoms with van der Waals surface area (Å²) in [7, 11) is 0. The molecular weight excluding hydrogens is 416 g/mol. The summed E-state index contributed by atoms with van der Waals surface area (Å²) in [5.41, 5.74) is 4.21. The van der Waals surface area contributed by atoms with Crippen molar-refractivity contribution in [1.29, 1.82) is 0 Å². The Kier molecular flexibility index (Phi) is 5.52. The highest BCUT2D eigenvalue weighted by molar-refractivity contribution is 6.07. The second-order valence-corrected chi connectivity index (χ2v) is 8.09. The fourth-order valence-corrected chi connectivity index (χ4v) is 4.08. The van der Waals surface area contributed by atoms with Crippen LogP contribution in [0.5, 0.6) is 5.75 Å². The molecule has 33 heavy (non-hydrogen) atoms. The summed E-state index contributed by atoms with van der Waals surface area (Å²) in [6.07, 6.45) is 1.70. The van der Waals surface area contributed by atoms with Crippen molar-refractivity contribution in [3.05, 3.63) is 84.2 Å². The number of rotatable bonds is 6. The number of nitrogens with zero attached hydrogens (tertiary/aromatic N) is 2. The molecule has 0 aliphatic carbocycles. The number of benzene rings is 3. The van der Waals surface area contributed by atoms with E-state index in [4.69, 9.17) is 4.74 Å². The first kappa shape index (κ1) is 20.8. The molecule has 0 fully saturated rings. The third-order valence-electron chi connectivity index (χ3n) is 5.80. The number of aryl methyl sites for hydroxylation is 2. The van der Waals surface area contributed by atoms with Gasteiger partial charge in [-0.05, 0) is 49.2 Å². The Labute approximate surface area is 191 Å². The van der Waals surface area contributed by atoms with Crippen LogP contribution < -0.4 is 15.0 Å². The summed E-state index contributed by atoms with van der Waals surface area (Å²) in [5.74, 6) is 0.978. The van der Waals surface area contributed by atoms with Crippen molar-refractivity contribution in [3.63, 3.8) is 0 Å². The molecule has 1 aromatic heterocycles. The molecule has 1 atom stereocenters. The van der Waals surface area contributed by atoms with Gasteiger partial charge >= 0.3 is 0 Å². The number of hydrogen-bond donors (Lipinski definition) is 2. The number of carbonyl (C=O) groups excluding carboxylic acids is 2. The van der Waals surface area contributed by atoms with E-state index in [0.29, 0.717) is 17.1 Å². The highest BCUT2D eigenvalue weighted by Crippen LogP contribution is 2.33. The van der Waals surface area contributed by atoms with Crippen LogP contribution in [0, 0.1) is 0 Å². The van der Waals surface area contributed by atoms with Crippen LogP contribution in [-0.2, 0) is 22.4 Å². The summed E-state index contributed by atoms with van der Waals surface area (Å²) in [6.45, 7) is 1.63. The highest BCUT2D eigenvalue weighted by Gasteiger charge is 2.32. The number of aromatic nitrogens is 2. The number of ether oxygens (including phenoxy) is 1. The zero-order chi connectivity index (χ0) is 22.8. The van der Waals surface area contributed by atoms with Crippen LogP contribution >= 0.6 is 0 Å². The van der Waals surface area contributed by atoms with Crippen molar-refractivity contribution in [1.82, 2.24) is 9.97 Å². The van der Waals surface area contributed by atoms with E-state index >= 15 is 0 Å². The molecule has 2 heterocycles. The Morgan fingerprint density at radius 3 is 2.73 bits per heavy atom. The van der Waals surface area contributed by atoms with Crippen molar-refractivity contribution in [2.45, 2.75) is 25.8 Å². The molecule has 166 valence electrons. The van der Waals surface area contributed by atoms with Gasteiger partial charge in [0.1, 0.15) is 17.6 Å². The van der Waals surface area contributed by atoms with Gasteiger partial charge in [-0.15, -0.1) is 0 Å². The normalized spacial score (nSPS) is 14.0. The standard InChI is InChI=1S/C26H24N4O3/c1-17(30-22-9-5-6-10-23(22)33-16-25(30)31)26(32)27-19-12-13-20-21(15-19)29-24(28-20)14-11-18-7-3-2-4-8-18/h2-10,12-13,15,17H,11,14,16H2,1H3,(H,27,32)(H,28,29)/t17-/m0/s1.